The van der Waals surface area contributed by atoms with Crippen LogP contribution in [0.4, 0.5) is 5.13 Å². The number of amides is 2. The zero-order valence-corrected chi connectivity index (χ0v) is 14.9. The molecule has 0 bridgehead atoms. The van der Waals surface area contributed by atoms with Gasteiger partial charge in [-0.25, -0.2) is 4.98 Å². The molecule has 0 unspecified atom stereocenters. The zero-order chi connectivity index (χ0) is 18.4. The summed E-state index contributed by atoms with van der Waals surface area (Å²) >= 11 is 1.35. The Labute approximate surface area is 158 Å². The van der Waals surface area contributed by atoms with E-state index in [1.54, 1.807) is 24.3 Å². The van der Waals surface area contributed by atoms with Crippen LogP contribution >= 0.6 is 11.3 Å². The van der Waals surface area contributed by atoms with Gasteiger partial charge in [-0.1, -0.05) is 48.5 Å². The van der Waals surface area contributed by atoms with Gasteiger partial charge in [0.05, 0.1) is 16.8 Å². The van der Waals surface area contributed by atoms with Crippen molar-refractivity contribution in [2.45, 2.75) is 0 Å². The molecule has 0 saturated heterocycles. The Morgan fingerprint density at radius 3 is 2.22 bits per heavy atom. The molecule has 0 radical (unpaired) electrons. The van der Waals surface area contributed by atoms with Crippen molar-refractivity contribution >= 4 is 39.1 Å². The Morgan fingerprint density at radius 1 is 0.815 bits per heavy atom. The summed E-state index contributed by atoms with van der Waals surface area (Å²) in [6.07, 6.45) is 0. The molecule has 1 aromatic heterocycles. The predicted octanol–water partition coefficient (Wildman–Crippen LogP) is 4.59. The Hall–Kier alpha value is -3.51. The van der Waals surface area contributed by atoms with Crippen LogP contribution in [0.25, 0.3) is 22.0 Å². The molecule has 130 valence electrons. The van der Waals surface area contributed by atoms with Gasteiger partial charge in [0.1, 0.15) is 0 Å². The van der Waals surface area contributed by atoms with E-state index in [0.29, 0.717) is 16.3 Å². The van der Waals surface area contributed by atoms with Gasteiger partial charge in [0.15, 0.2) is 0 Å². The second-order valence-electron chi connectivity index (χ2n) is 6.20. The molecule has 0 fully saturated rings. The number of anilines is 1. The summed E-state index contributed by atoms with van der Waals surface area (Å²) in [5, 5.41) is 5.73. The molecule has 1 aliphatic rings. The first-order valence-corrected chi connectivity index (χ1v) is 9.28. The Kier molecular flexibility index (Phi) is 3.51. The largest absolute Gasteiger partial charge is 0.280 e. The fourth-order valence-electron chi connectivity index (χ4n) is 3.19. The highest BCUT2D eigenvalue weighted by Gasteiger charge is 2.36. The van der Waals surface area contributed by atoms with Crippen molar-refractivity contribution < 1.29 is 9.59 Å². The fraction of sp³-hybridized carbons (Fsp3) is 0. The summed E-state index contributed by atoms with van der Waals surface area (Å²) in [7, 11) is 0. The first kappa shape index (κ1) is 15.7. The van der Waals surface area contributed by atoms with Crippen molar-refractivity contribution in [3.05, 3.63) is 83.2 Å². The number of imide groups is 1. The molecule has 0 aliphatic carbocycles. The third-order valence-electron chi connectivity index (χ3n) is 4.55. The van der Waals surface area contributed by atoms with Crippen molar-refractivity contribution in [3.8, 4) is 11.3 Å². The average molecular weight is 371 g/mol. The summed E-state index contributed by atoms with van der Waals surface area (Å²) in [6, 6.07) is 21.1. The van der Waals surface area contributed by atoms with Crippen molar-refractivity contribution in [1.82, 2.24) is 9.99 Å². The van der Waals surface area contributed by atoms with Crippen LogP contribution in [-0.2, 0) is 0 Å². The quantitative estimate of drug-likeness (QED) is 0.535. The molecule has 1 aliphatic heterocycles. The van der Waals surface area contributed by atoms with Gasteiger partial charge < -0.3 is 0 Å². The molecule has 0 spiro atoms. The van der Waals surface area contributed by atoms with Crippen LogP contribution in [0.1, 0.15) is 20.7 Å². The summed E-state index contributed by atoms with van der Waals surface area (Å²) in [5.41, 5.74) is 5.45. The number of rotatable bonds is 3. The fourth-order valence-corrected chi connectivity index (χ4v) is 3.90. The number of hydrogen-bond donors (Lipinski definition) is 1. The van der Waals surface area contributed by atoms with E-state index in [4.69, 9.17) is 0 Å². The number of fused-ring (bicyclic) bond motifs is 2. The molecule has 1 N–H and O–H groups in total. The van der Waals surface area contributed by atoms with Crippen molar-refractivity contribution in [2.24, 2.45) is 0 Å². The number of carbonyl (C=O) groups excluding carboxylic acids is 2. The van der Waals surface area contributed by atoms with E-state index in [0.717, 1.165) is 21.7 Å². The summed E-state index contributed by atoms with van der Waals surface area (Å²) in [4.78, 5) is 29.5. The molecule has 4 aromatic rings. The number of thiazole rings is 1. The van der Waals surface area contributed by atoms with Gasteiger partial charge in [0.2, 0.25) is 5.13 Å². The lowest BCUT2D eigenvalue weighted by Crippen LogP contribution is -2.35. The third-order valence-corrected chi connectivity index (χ3v) is 5.30. The lowest BCUT2D eigenvalue weighted by Gasteiger charge is -2.13. The van der Waals surface area contributed by atoms with Crippen LogP contribution in [-0.4, -0.2) is 21.8 Å². The van der Waals surface area contributed by atoms with Crippen molar-refractivity contribution in [3.63, 3.8) is 0 Å². The third kappa shape index (κ3) is 2.58. The Bertz CT molecular complexity index is 1180. The molecule has 27 heavy (non-hydrogen) atoms. The Morgan fingerprint density at radius 2 is 1.48 bits per heavy atom. The number of carbonyl (C=O) groups is 2. The van der Waals surface area contributed by atoms with Crippen LogP contribution in [0.15, 0.2) is 72.1 Å². The van der Waals surface area contributed by atoms with Gasteiger partial charge >= 0.3 is 0 Å². The lowest BCUT2D eigenvalue weighted by molar-refractivity contribution is 0.0691. The number of hydrogen-bond acceptors (Lipinski definition) is 5. The number of nitrogens with zero attached hydrogens (tertiary/aromatic N) is 2. The molecule has 0 saturated carbocycles. The highest BCUT2D eigenvalue weighted by Crippen LogP contribution is 2.29. The number of aromatic nitrogens is 1. The summed E-state index contributed by atoms with van der Waals surface area (Å²) in [5.74, 6) is -0.726. The van der Waals surface area contributed by atoms with Gasteiger partial charge in [-0.3, -0.25) is 15.0 Å². The molecular formula is C21H13N3O2S. The SMILES string of the molecule is O=C1c2ccccc2C(=O)N1Nc1nc(-c2ccc3ccccc3c2)cs1. The second-order valence-corrected chi connectivity index (χ2v) is 7.06. The first-order valence-electron chi connectivity index (χ1n) is 8.40. The number of nitrogens with one attached hydrogen (secondary N) is 1. The van der Waals surface area contributed by atoms with Gasteiger partial charge in [-0.2, -0.15) is 5.01 Å². The molecule has 6 heteroatoms. The first-order chi connectivity index (χ1) is 13.2. The van der Waals surface area contributed by atoms with Gasteiger partial charge in [-0.15, -0.1) is 11.3 Å². The molecule has 2 heterocycles. The molecular weight excluding hydrogens is 358 g/mol. The molecule has 5 nitrogen and oxygen atoms in total. The second kappa shape index (κ2) is 6.03. The number of hydrazine groups is 1. The van der Waals surface area contributed by atoms with Crippen LogP contribution in [0.3, 0.4) is 0 Å². The van der Waals surface area contributed by atoms with Gasteiger partial charge in [0.25, 0.3) is 11.8 Å². The van der Waals surface area contributed by atoms with Gasteiger partial charge in [-0.05, 0) is 29.0 Å². The van der Waals surface area contributed by atoms with Gasteiger partial charge in [0, 0.05) is 10.9 Å². The molecule has 3 aromatic carbocycles. The van der Waals surface area contributed by atoms with Crippen LogP contribution in [0.2, 0.25) is 0 Å². The average Bonchev–Trinajstić information content (AvgIpc) is 3.27. The van der Waals surface area contributed by atoms with E-state index in [-0.39, 0.29) is 11.8 Å². The lowest BCUT2D eigenvalue weighted by atomic mass is 10.1. The van der Waals surface area contributed by atoms with E-state index >= 15 is 0 Å². The maximum atomic E-state index is 12.5. The smallest absolute Gasteiger partial charge is 0.267 e. The minimum Gasteiger partial charge on any atom is -0.267 e. The monoisotopic (exact) mass is 371 g/mol. The van der Waals surface area contributed by atoms with Crippen molar-refractivity contribution in [1.29, 1.82) is 0 Å². The minimum atomic E-state index is -0.363. The highest BCUT2D eigenvalue weighted by molar-refractivity contribution is 7.14. The maximum absolute atomic E-state index is 12.5. The number of benzene rings is 3. The maximum Gasteiger partial charge on any atom is 0.280 e. The zero-order valence-electron chi connectivity index (χ0n) is 14.0. The Balaban J connectivity index is 1.43. The molecule has 0 atom stereocenters. The highest BCUT2D eigenvalue weighted by atomic mass is 32.1. The minimum absolute atomic E-state index is 0.363. The van der Waals surface area contributed by atoms with Crippen LogP contribution in [0.5, 0.6) is 0 Å². The molecule has 2 amide bonds. The van der Waals surface area contributed by atoms with E-state index < -0.39 is 0 Å². The van der Waals surface area contributed by atoms with E-state index in [9.17, 15) is 9.59 Å². The topological polar surface area (TPSA) is 62.3 Å². The van der Waals surface area contributed by atoms with E-state index in [1.165, 1.54) is 16.7 Å². The normalized spacial score (nSPS) is 13.3. The van der Waals surface area contributed by atoms with E-state index in [1.807, 2.05) is 23.6 Å². The standard InChI is InChI=1S/C21H13N3O2S/c25-19-16-7-3-4-8-17(16)20(26)24(19)23-21-22-18(12-27-21)15-10-9-13-5-1-2-6-14(13)11-15/h1-12H,(H,22,23). The predicted molar refractivity (Wildman–Crippen MR) is 106 cm³/mol. The summed E-state index contributed by atoms with van der Waals surface area (Å²) < 4.78 is 0. The van der Waals surface area contributed by atoms with Crippen LogP contribution in [0, 0.1) is 0 Å². The van der Waals surface area contributed by atoms with E-state index in [2.05, 4.69) is 34.7 Å². The molecule has 5 rings (SSSR count). The summed E-state index contributed by atoms with van der Waals surface area (Å²) in [6.45, 7) is 0. The van der Waals surface area contributed by atoms with Crippen molar-refractivity contribution in [2.75, 3.05) is 5.43 Å². The van der Waals surface area contributed by atoms with Crippen LogP contribution < -0.4 is 5.43 Å².